The Balaban J connectivity index is 1.56. The van der Waals surface area contributed by atoms with Crippen LogP contribution in [0.15, 0.2) is 78.5 Å². The lowest BCUT2D eigenvalue weighted by molar-refractivity contribution is 0.596. The molecule has 4 heterocycles. The largest absolute Gasteiger partial charge is 0.306 e. The average Bonchev–Trinajstić information content (AvgIpc) is 3.50. The summed E-state index contributed by atoms with van der Waals surface area (Å²) in [6, 6.07) is 14.3. The Kier molecular flexibility index (Phi) is 5.35. The highest BCUT2D eigenvalue weighted by molar-refractivity contribution is 7.92. The van der Waals surface area contributed by atoms with E-state index < -0.39 is 10.0 Å². The molecular formula is C24H18N8O2S. The highest BCUT2D eigenvalue weighted by Gasteiger charge is 2.22. The fourth-order valence-electron chi connectivity index (χ4n) is 3.69. The van der Waals surface area contributed by atoms with Crippen molar-refractivity contribution in [2.75, 3.05) is 4.72 Å². The van der Waals surface area contributed by atoms with E-state index in [4.69, 9.17) is 5.41 Å². The molecule has 1 aromatic carbocycles. The number of nitrogens with zero attached hydrogens (tertiary/aromatic N) is 6. The predicted octanol–water partition coefficient (Wildman–Crippen LogP) is 3.47. The zero-order chi connectivity index (χ0) is 24.6. The summed E-state index contributed by atoms with van der Waals surface area (Å²) in [5, 5.41) is 20.9. The van der Waals surface area contributed by atoms with Gasteiger partial charge in [0.25, 0.3) is 10.0 Å². The van der Waals surface area contributed by atoms with Gasteiger partial charge in [-0.1, -0.05) is 12.1 Å². The number of benzene rings is 1. The highest BCUT2D eigenvalue weighted by Crippen LogP contribution is 2.27. The van der Waals surface area contributed by atoms with Crippen molar-refractivity contribution < 1.29 is 8.42 Å². The number of aryl methyl sites for hydroxylation is 1. The summed E-state index contributed by atoms with van der Waals surface area (Å²) in [5.74, 6) is 0. The topological polar surface area (TPSA) is 142 Å². The number of nitriles is 1. The minimum Gasteiger partial charge on any atom is -0.306 e. The van der Waals surface area contributed by atoms with Gasteiger partial charge >= 0.3 is 0 Å². The Morgan fingerprint density at radius 2 is 1.86 bits per heavy atom. The molecule has 4 aromatic heterocycles. The molecule has 0 aliphatic heterocycles. The number of anilines is 1. The van der Waals surface area contributed by atoms with Crippen LogP contribution < -0.4 is 4.72 Å². The number of aromatic nitrogens is 5. The van der Waals surface area contributed by atoms with Crippen LogP contribution in [0, 0.1) is 16.7 Å². The second kappa shape index (κ2) is 8.51. The zero-order valence-corrected chi connectivity index (χ0v) is 19.2. The van der Waals surface area contributed by atoms with Crippen LogP contribution in [0.2, 0.25) is 0 Å². The van der Waals surface area contributed by atoms with E-state index in [0.29, 0.717) is 16.8 Å². The van der Waals surface area contributed by atoms with E-state index in [2.05, 4.69) is 25.9 Å². The normalized spacial score (nSPS) is 11.3. The molecule has 0 saturated heterocycles. The lowest BCUT2D eigenvalue weighted by Gasteiger charge is -2.11. The van der Waals surface area contributed by atoms with Gasteiger partial charge in [0, 0.05) is 43.0 Å². The van der Waals surface area contributed by atoms with Crippen LogP contribution in [0.5, 0.6) is 0 Å². The first-order valence-corrected chi connectivity index (χ1v) is 11.9. The molecule has 0 saturated carbocycles. The molecule has 5 aromatic rings. The molecule has 0 bridgehead atoms. The van der Waals surface area contributed by atoms with Crippen LogP contribution in [0.3, 0.4) is 0 Å². The highest BCUT2D eigenvalue weighted by atomic mass is 32.2. The van der Waals surface area contributed by atoms with Crippen molar-refractivity contribution in [3.8, 4) is 28.3 Å². The van der Waals surface area contributed by atoms with Gasteiger partial charge in [-0.15, -0.1) is 0 Å². The fraction of sp³-hybridized carbons (Fsp3) is 0.0417. The van der Waals surface area contributed by atoms with E-state index in [-0.39, 0.29) is 16.4 Å². The molecular weight excluding hydrogens is 464 g/mol. The van der Waals surface area contributed by atoms with Crippen molar-refractivity contribution in [2.45, 2.75) is 5.03 Å². The first kappa shape index (κ1) is 22.0. The maximum absolute atomic E-state index is 13.4. The Labute approximate surface area is 200 Å². The second-order valence-electron chi connectivity index (χ2n) is 7.74. The molecule has 10 nitrogen and oxygen atoms in total. The van der Waals surface area contributed by atoms with Crippen LogP contribution in [-0.4, -0.2) is 38.8 Å². The van der Waals surface area contributed by atoms with E-state index in [9.17, 15) is 13.7 Å². The Morgan fingerprint density at radius 1 is 1.00 bits per heavy atom. The molecule has 2 N–H and O–H groups in total. The quantitative estimate of drug-likeness (QED) is 0.355. The van der Waals surface area contributed by atoms with E-state index in [0.717, 1.165) is 22.9 Å². The van der Waals surface area contributed by atoms with Crippen LogP contribution in [-0.2, 0) is 17.1 Å². The van der Waals surface area contributed by atoms with Crippen LogP contribution in [0.1, 0.15) is 11.3 Å². The third-order valence-electron chi connectivity index (χ3n) is 5.41. The Bertz CT molecular complexity index is 1750. The van der Waals surface area contributed by atoms with Gasteiger partial charge in [-0.2, -0.15) is 18.8 Å². The average molecular weight is 483 g/mol. The van der Waals surface area contributed by atoms with Gasteiger partial charge in [0.1, 0.15) is 11.3 Å². The molecule has 35 heavy (non-hydrogen) atoms. The van der Waals surface area contributed by atoms with Gasteiger partial charge in [0.15, 0.2) is 5.03 Å². The van der Waals surface area contributed by atoms with E-state index in [1.807, 2.05) is 12.1 Å². The Hall–Kier alpha value is -4.82. The molecule has 0 amide bonds. The van der Waals surface area contributed by atoms with Crippen molar-refractivity contribution in [1.29, 1.82) is 10.7 Å². The molecule has 11 heteroatoms. The summed E-state index contributed by atoms with van der Waals surface area (Å²) in [7, 11) is -2.32. The molecule has 0 fully saturated rings. The summed E-state index contributed by atoms with van der Waals surface area (Å²) in [6.07, 6.45) is 8.91. The number of hydrogen-bond acceptors (Lipinski definition) is 7. The number of rotatable bonds is 6. The molecule has 0 unspecified atom stereocenters. The number of fused-ring (bicyclic) bond motifs is 1. The second-order valence-corrected chi connectivity index (χ2v) is 9.37. The van der Waals surface area contributed by atoms with Gasteiger partial charge in [-0.3, -0.25) is 18.8 Å². The SMILES string of the molecule is Cn1cc(-c2cnc(C=N)c(NS(=O)(=O)c3cnc4ccc(-c5cccc(C#N)c5)cn34)c2)cn1. The van der Waals surface area contributed by atoms with Gasteiger partial charge in [0.05, 0.1) is 29.7 Å². The van der Waals surface area contributed by atoms with E-state index in [1.165, 1.54) is 10.6 Å². The van der Waals surface area contributed by atoms with Gasteiger partial charge in [0.2, 0.25) is 0 Å². The van der Waals surface area contributed by atoms with Crippen LogP contribution in [0.4, 0.5) is 5.69 Å². The molecule has 0 aliphatic carbocycles. The lowest BCUT2D eigenvalue weighted by Crippen LogP contribution is -2.16. The third-order valence-corrected chi connectivity index (χ3v) is 6.75. The number of hydrogen-bond donors (Lipinski definition) is 2. The van der Waals surface area contributed by atoms with Crippen molar-refractivity contribution >= 4 is 27.6 Å². The summed E-state index contributed by atoms with van der Waals surface area (Å²) < 4.78 is 32.5. The summed E-state index contributed by atoms with van der Waals surface area (Å²) in [4.78, 5) is 8.45. The molecule has 0 aliphatic rings. The first-order valence-electron chi connectivity index (χ1n) is 10.4. The monoisotopic (exact) mass is 482 g/mol. The predicted molar refractivity (Wildman–Crippen MR) is 130 cm³/mol. The molecule has 172 valence electrons. The fourth-order valence-corrected chi connectivity index (χ4v) is 4.85. The number of pyridine rings is 2. The van der Waals surface area contributed by atoms with E-state index in [1.54, 1.807) is 66.8 Å². The number of imidazole rings is 1. The van der Waals surface area contributed by atoms with Crippen molar-refractivity contribution in [3.63, 3.8) is 0 Å². The smallest absolute Gasteiger partial charge is 0.279 e. The maximum atomic E-state index is 13.4. The van der Waals surface area contributed by atoms with Crippen molar-refractivity contribution in [3.05, 3.63) is 84.7 Å². The van der Waals surface area contributed by atoms with Crippen molar-refractivity contribution in [2.24, 2.45) is 7.05 Å². The third kappa shape index (κ3) is 4.14. The summed E-state index contributed by atoms with van der Waals surface area (Å²) in [6.45, 7) is 0. The van der Waals surface area contributed by atoms with Crippen LogP contribution >= 0.6 is 0 Å². The Morgan fingerprint density at radius 3 is 2.60 bits per heavy atom. The first-order chi connectivity index (χ1) is 16.9. The van der Waals surface area contributed by atoms with E-state index >= 15 is 0 Å². The summed E-state index contributed by atoms with van der Waals surface area (Å²) in [5.41, 5.74) is 4.19. The van der Waals surface area contributed by atoms with Gasteiger partial charge in [-0.25, -0.2) is 4.98 Å². The maximum Gasteiger partial charge on any atom is 0.279 e. The number of sulfonamides is 1. The summed E-state index contributed by atoms with van der Waals surface area (Å²) >= 11 is 0. The van der Waals surface area contributed by atoms with Crippen LogP contribution in [0.25, 0.3) is 27.9 Å². The zero-order valence-electron chi connectivity index (χ0n) is 18.4. The molecule has 0 spiro atoms. The van der Waals surface area contributed by atoms with Gasteiger partial charge in [-0.05, 0) is 41.5 Å². The molecule has 0 atom stereocenters. The minimum absolute atomic E-state index is 0.0755. The van der Waals surface area contributed by atoms with Gasteiger partial charge < -0.3 is 5.41 Å². The molecule has 5 rings (SSSR count). The lowest BCUT2D eigenvalue weighted by atomic mass is 10.1. The van der Waals surface area contributed by atoms with Crippen molar-refractivity contribution in [1.82, 2.24) is 24.1 Å². The standard InChI is InChI=1S/C24H18N8O2S/c1-31-14-20(12-29-31)19-8-21(22(10-26)27-11-19)30-35(33,34)24-13-28-23-6-5-18(15-32(23)24)17-4-2-3-16(7-17)9-25/h2-8,10-15,26,30H,1H3. The molecule has 0 radical (unpaired) electrons. The minimum atomic E-state index is -4.10. The number of nitrogens with one attached hydrogen (secondary N) is 2.